The molecule has 0 bridgehead atoms. The van der Waals surface area contributed by atoms with Gasteiger partial charge in [0.1, 0.15) is 0 Å². The van der Waals surface area contributed by atoms with Gasteiger partial charge < -0.3 is 5.32 Å². The topological polar surface area (TPSA) is 12.0 Å². The van der Waals surface area contributed by atoms with Gasteiger partial charge >= 0.3 is 0 Å². The van der Waals surface area contributed by atoms with Crippen LogP contribution in [0.15, 0.2) is 54.6 Å². The average Bonchev–Trinajstić information content (AvgIpc) is 3.29. The highest BCUT2D eigenvalue weighted by Crippen LogP contribution is 2.54. The van der Waals surface area contributed by atoms with Gasteiger partial charge in [0.15, 0.2) is 0 Å². The summed E-state index contributed by atoms with van der Waals surface area (Å²) in [5.41, 5.74) is 4.30. The molecule has 0 saturated heterocycles. The summed E-state index contributed by atoms with van der Waals surface area (Å²) in [6.07, 6.45) is 2.49. The van der Waals surface area contributed by atoms with E-state index >= 15 is 0 Å². The molecule has 1 aliphatic rings. The van der Waals surface area contributed by atoms with E-state index in [-0.39, 0.29) is 0 Å². The van der Waals surface area contributed by atoms with E-state index < -0.39 is 0 Å². The van der Waals surface area contributed by atoms with Crippen LogP contribution in [0.5, 0.6) is 0 Å². The monoisotopic (exact) mass is 279 g/mol. The lowest BCUT2D eigenvalue weighted by atomic mass is 9.97. The second kappa shape index (κ2) is 6.44. The van der Waals surface area contributed by atoms with Gasteiger partial charge in [-0.1, -0.05) is 67.1 Å². The van der Waals surface area contributed by atoms with Crippen LogP contribution in [0.4, 0.5) is 0 Å². The highest BCUT2D eigenvalue weighted by Gasteiger charge is 2.43. The van der Waals surface area contributed by atoms with Crippen molar-refractivity contribution in [2.75, 3.05) is 6.54 Å². The first-order chi connectivity index (χ1) is 10.3. The van der Waals surface area contributed by atoms with Crippen molar-refractivity contribution >= 4 is 0 Å². The molecule has 1 saturated carbocycles. The van der Waals surface area contributed by atoms with Crippen LogP contribution in [0, 0.1) is 12.8 Å². The summed E-state index contributed by atoms with van der Waals surface area (Å²) in [7, 11) is 0. The molecule has 0 aliphatic heterocycles. The molecule has 0 radical (unpaired) electrons. The van der Waals surface area contributed by atoms with Crippen molar-refractivity contribution in [3.05, 3.63) is 71.3 Å². The lowest BCUT2D eigenvalue weighted by molar-refractivity contribution is 0.473. The van der Waals surface area contributed by atoms with Crippen LogP contribution in [0.1, 0.15) is 48.4 Å². The predicted molar refractivity (Wildman–Crippen MR) is 89.5 cm³/mol. The van der Waals surface area contributed by atoms with E-state index in [0.29, 0.717) is 6.04 Å². The smallest absolute Gasteiger partial charge is 0.0354 e. The minimum absolute atomic E-state index is 0.495. The summed E-state index contributed by atoms with van der Waals surface area (Å²) in [4.78, 5) is 0. The molecule has 0 spiro atoms. The van der Waals surface area contributed by atoms with E-state index in [9.17, 15) is 0 Å². The third-order valence-electron chi connectivity index (χ3n) is 4.51. The second-order valence-electron chi connectivity index (χ2n) is 6.26. The molecule has 21 heavy (non-hydrogen) atoms. The molecule has 3 atom stereocenters. The molecule has 1 heteroatoms. The van der Waals surface area contributed by atoms with E-state index in [4.69, 9.17) is 0 Å². The molecular weight excluding hydrogens is 254 g/mol. The van der Waals surface area contributed by atoms with Crippen molar-refractivity contribution in [1.29, 1.82) is 0 Å². The van der Waals surface area contributed by atoms with Crippen molar-refractivity contribution in [2.24, 2.45) is 5.92 Å². The number of aryl methyl sites for hydroxylation is 1. The SMILES string of the molecule is CCCNC(c1cccc(C)c1)C1CC1c1ccccc1. The van der Waals surface area contributed by atoms with Crippen molar-refractivity contribution in [1.82, 2.24) is 5.32 Å². The van der Waals surface area contributed by atoms with Gasteiger partial charge in [0.25, 0.3) is 0 Å². The van der Waals surface area contributed by atoms with E-state index in [0.717, 1.165) is 18.4 Å². The van der Waals surface area contributed by atoms with Gasteiger partial charge in [-0.15, -0.1) is 0 Å². The first-order valence-electron chi connectivity index (χ1n) is 8.14. The zero-order valence-corrected chi connectivity index (χ0v) is 13.0. The Bertz CT molecular complexity index is 575. The number of rotatable bonds is 6. The molecular formula is C20H25N. The van der Waals surface area contributed by atoms with E-state index in [1.807, 2.05) is 0 Å². The first-order valence-corrected chi connectivity index (χ1v) is 8.14. The molecule has 1 nitrogen and oxygen atoms in total. The molecule has 2 aromatic carbocycles. The Morgan fingerprint density at radius 3 is 2.62 bits per heavy atom. The average molecular weight is 279 g/mol. The fourth-order valence-corrected chi connectivity index (χ4v) is 3.35. The first kappa shape index (κ1) is 14.3. The lowest BCUT2D eigenvalue weighted by Gasteiger charge is -2.20. The summed E-state index contributed by atoms with van der Waals surface area (Å²) >= 11 is 0. The Hall–Kier alpha value is -1.60. The van der Waals surface area contributed by atoms with Crippen LogP contribution in [0.25, 0.3) is 0 Å². The molecule has 1 N–H and O–H groups in total. The van der Waals surface area contributed by atoms with Crippen LogP contribution >= 0.6 is 0 Å². The van der Waals surface area contributed by atoms with Gasteiger partial charge in [0.2, 0.25) is 0 Å². The summed E-state index contributed by atoms with van der Waals surface area (Å²) in [6.45, 7) is 5.51. The normalized spacial score (nSPS) is 22.0. The van der Waals surface area contributed by atoms with Crippen molar-refractivity contribution in [3.63, 3.8) is 0 Å². The Morgan fingerprint density at radius 1 is 1.10 bits per heavy atom. The standard InChI is InChI=1S/C20H25N/c1-3-12-21-20(17-11-7-8-15(2)13-17)19-14-18(19)16-9-5-4-6-10-16/h4-11,13,18-21H,3,12,14H2,1-2H3. The van der Waals surface area contributed by atoms with Crippen LogP contribution in [-0.2, 0) is 0 Å². The third kappa shape index (κ3) is 3.36. The molecule has 1 aliphatic carbocycles. The predicted octanol–water partition coefficient (Wildman–Crippen LogP) is 4.84. The number of nitrogens with one attached hydrogen (secondary N) is 1. The Labute approximate surface area is 128 Å². The number of hydrogen-bond donors (Lipinski definition) is 1. The third-order valence-corrected chi connectivity index (χ3v) is 4.51. The number of hydrogen-bond acceptors (Lipinski definition) is 1. The minimum atomic E-state index is 0.495. The van der Waals surface area contributed by atoms with Gasteiger partial charge in [-0.2, -0.15) is 0 Å². The molecule has 0 aromatic heterocycles. The highest BCUT2D eigenvalue weighted by atomic mass is 14.9. The molecule has 3 unspecified atom stereocenters. The Morgan fingerprint density at radius 2 is 1.90 bits per heavy atom. The van der Waals surface area contributed by atoms with Gasteiger partial charge in [0.05, 0.1) is 0 Å². The Balaban J connectivity index is 1.78. The maximum atomic E-state index is 3.77. The summed E-state index contributed by atoms with van der Waals surface area (Å²) in [5, 5.41) is 3.77. The van der Waals surface area contributed by atoms with Crippen molar-refractivity contribution < 1.29 is 0 Å². The quantitative estimate of drug-likeness (QED) is 0.798. The maximum Gasteiger partial charge on any atom is 0.0354 e. The van der Waals surface area contributed by atoms with Gasteiger partial charge in [-0.05, 0) is 49.3 Å². The van der Waals surface area contributed by atoms with E-state index in [2.05, 4.69) is 73.8 Å². The molecule has 3 rings (SSSR count). The van der Waals surface area contributed by atoms with Crippen molar-refractivity contribution in [3.8, 4) is 0 Å². The molecule has 2 aromatic rings. The summed E-state index contributed by atoms with van der Waals surface area (Å²) in [5.74, 6) is 1.46. The maximum absolute atomic E-state index is 3.77. The minimum Gasteiger partial charge on any atom is -0.310 e. The fourth-order valence-electron chi connectivity index (χ4n) is 3.35. The van der Waals surface area contributed by atoms with Gasteiger partial charge in [-0.25, -0.2) is 0 Å². The van der Waals surface area contributed by atoms with Gasteiger partial charge in [-0.3, -0.25) is 0 Å². The molecule has 1 fully saturated rings. The van der Waals surface area contributed by atoms with Crippen LogP contribution in [0.3, 0.4) is 0 Å². The van der Waals surface area contributed by atoms with Crippen LogP contribution in [-0.4, -0.2) is 6.54 Å². The lowest BCUT2D eigenvalue weighted by Crippen LogP contribution is -2.24. The van der Waals surface area contributed by atoms with E-state index in [1.54, 1.807) is 0 Å². The second-order valence-corrected chi connectivity index (χ2v) is 6.26. The molecule has 0 amide bonds. The zero-order chi connectivity index (χ0) is 14.7. The highest BCUT2D eigenvalue weighted by molar-refractivity contribution is 5.32. The van der Waals surface area contributed by atoms with Crippen LogP contribution < -0.4 is 5.32 Å². The Kier molecular flexibility index (Phi) is 4.40. The number of benzene rings is 2. The van der Waals surface area contributed by atoms with Crippen LogP contribution in [0.2, 0.25) is 0 Å². The summed E-state index contributed by atoms with van der Waals surface area (Å²) < 4.78 is 0. The summed E-state index contributed by atoms with van der Waals surface area (Å²) in [6, 6.07) is 20.5. The van der Waals surface area contributed by atoms with E-state index in [1.165, 1.54) is 29.5 Å². The van der Waals surface area contributed by atoms with Crippen molar-refractivity contribution in [2.45, 2.75) is 38.6 Å². The largest absolute Gasteiger partial charge is 0.310 e. The molecule has 110 valence electrons. The molecule has 0 heterocycles. The fraction of sp³-hybridized carbons (Fsp3) is 0.400. The zero-order valence-electron chi connectivity index (χ0n) is 13.0. The van der Waals surface area contributed by atoms with Gasteiger partial charge in [0, 0.05) is 6.04 Å².